The number of anilines is 2. The third-order valence-electron chi connectivity index (χ3n) is 13.6. The number of halogens is 1. The lowest BCUT2D eigenvalue weighted by Crippen LogP contribution is -2.58. The molecule has 5 amide bonds. The number of hydrogen-bond donors (Lipinski definition) is 1. The summed E-state index contributed by atoms with van der Waals surface area (Å²) in [4.78, 5) is 74.5. The van der Waals surface area contributed by atoms with Crippen molar-refractivity contribution in [3.05, 3.63) is 87.9 Å². The zero-order chi connectivity index (χ0) is 40.8. The number of benzene rings is 3. The number of nitrogens with zero attached hydrogens (tertiary/aromatic N) is 6. The number of ether oxygens (including phenoxy) is 1. The predicted molar refractivity (Wildman–Crippen MR) is 221 cm³/mol. The van der Waals surface area contributed by atoms with Crippen LogP contribution in [0.2, 0.25) is 5.02 Å². The molecule has 2 unspecified atom stereocenters. The van der Waals surface area contributed by atoms with Gasteiger partial charge in [-0.1, -0.05) is 18.0 Å². The van der Waals surface area contributed by atoms with Gasteiger partial charge in [-0.15, -0.1) is 0 Å². The van der Waals surface area contributed by atoms with Crippen molar-refractivity contribution in [3.63, 3.8) is 0 Å². The number of fused-ring (bicyclic) bond motifs is 1. The fraction of sp³-hybridized carbons (Fsp3) is 0.467. The number of rotatable bonds is 8. The molecule has 5 aliphatic heterocycles. The van der Waals surface area contributed by atoms with Gasteiger partial charge in [0.25, 0.3) is 17.7 Å². The maximum atomic E-state index is 13.7. The van der Waals surface area contributed by atoms with Gasteiger partial charge in [-0.3, -0.25) is 39.1 Å². The van der Waals surface area contributed by atoms with E-state index in [0.717, 1.165) is 101 Å². The van der Waals surface area contributed by atoms with E-state index in [2.05, 4.69) is 38.2 Å². The second kappa shape index (κ2) is 16.0. The van der Waals surface area contributed by atoms with Gasteiger partial charge in [0, 0.05) is 100 Å². The minimum Gasteiger partial charge on any atom is -0.490 e. The number of imide groups is 2. The summed E-state index contributed by atoms with van der Waals surface area (Å²) in [6, 6.07) is 19.8. The van der Waals surface area contributed by atoms with Crippen LogP contribution in [0, 0.1) is 22.7 Å². The van der Waals surface area contributed by atoms with Gasteiger partial charge in [-0.25, -0.2) is 0 Å². The molecule has 306 valence electrons. The van der Waals surface area contributed by atoms with E-state index in [1.54, 1.807) is 30.3 Å². The number of nitriles is 1. The molecule has 1 N–H and O–H groups in total. The first-order valence-electron chi connectivity index (χ1n) is 20.9. The van der Waals surface area contributed by atoms with Gasteiger partial charge in [0.05, 0.1) is 21.7 Å². The van der Waals surface area contributed by atoms with Crippen molar-refractivity contribution in [2.24, 2.45) is 11.3 Å². The molecule has 5 fully saturated rings. The minimum absolute atomic E-state index is 0.00123. The molecular weight excluding hydrogens is 770 g/mol. The number of carbonyl (C=O) groups is 5. The Morgan fingerprint density at radius 3 is 2.20 bits per heavy atom. The summed E-state index contributed by atoms with van der Waals surface area (Å²) in [7, 11) is 0. The van der Waals surface area contributed by atoms with Gasteiger partial charge in [-0.05, 0) is 92.6 Å². The van der Waals surface area contributed by atoms with E-state index in [0.29, 0.717) is 52.0 Å². The van der Waals surface area contributed by atoms with Crippen molar-refractivity contribution >= 4 is 52.5 Å². The van der Waals surface area contributed by atoms with Gasteiger partial charge in [0.15, 0.2) is 0 Å². The molecular formula is C45H48ClN7O6. The van der Waals surface area contributed by atoms with Crippen LogP contribution < -0.4 is 19.9 Å². The third-order valence-corrected chi connectivity index (χ3v) is 13.9. The lowest BCUT2D eigenvalue weighted by molar-refractivity contribution is -0.136. The molecule has 0 aromatic heterocycles. The number of likely N-dealkylation sites (tertiary alicyclic amines) is 1. The zero-order valence-corrected chi connectivity index (χ0v) is 33.8. The van der Waals surface area contributed by atoms with E-state index in [9.17, 15) is 29.2 Å². The van der Waals surface area contributed by atoms with Crippen molar-refractivity contribution < 1.29 is 28.7 Å². The van der Waals surface area contributed by atoms with Crippen LogP contribution in [0.5, 0.6) is 5.75 Å². The average molecular weight is 818 g/mol. The van der Waals surface area contributed by atoms with E-state index >= 15 is 0 Å². The highest BCUT2D eigenvalue weighted by Crippen LogP contribution is 2.49. The van der Waals surface area contributed by atoms with E-state index < -0.39 is 23.8 Å². The Morgan fingerprint density at radius 2 is 1.53 bits per heavy atom. The normalized spacial score (nSPS) is 23.5. The first-order chi connectivity index (χ1) is 28.6. The molecule has 13 nitrogen and oxygen atoms in total. The van der Waals surface area contributed by atoms with Crippen LogP contribution in [0.1, 0.15) is 88.0 Å². The molecule has 9 rings (SSSR count). The predicted octanol–water partition coefficient (Wildman–Crippen LogP) is 5.12. The SMILES string of the molecule is N#Cc1ccc(OC2CCN(C(=O)c3ccc(N4CCN(CC5CCN(c6ccc7c(c6)C(=O)N(C6CCC(=O)NC6=O)C7=O)CC5)CC4)cc3)CC23CCC3)cc1Cl. The smallest absolute Gasteiger partial charge is 0.262 e. The Bertz CT molecular complexity index is 2220. The second-order valence-electron chi connectivity index (χ2n) is 17.0. The van der Waals surface area contributed by atoms with Crippen LogP contribution in [0.3, 0.4) is 0 Å². The first-order valence-corrected chi connectivity index (χ1v) is 21.3. The number of amides is 5. The monoisotopic (exact) mass is 817 g/mol. The average Bonchev–Trinajstić information content (AvgIpc) is 3.48. The van der Waals surface area contributed by atoms with Gasteiger partial charge in [0.1, 0.15) is 24.0 Å². The van der Waals surface area contributed by atoms with Gasteiger partial charge >= 0.3 is 0 Å². The molecule has 14 heteroatoms. The van der Waals surface area contributed by atoms with Crippen LogP contribution in [0.4, 0.5) is 11.4 Å². The van der Waals surface area contributed by atoms with Crippen LogP contribution in [0.25, 0.3) is 0 Å². The van der Waals surface area contributed by atoms with E-state index in [-0.39, 0.29) is 36.2 Å². The lowest BCUT2D eigenvalue weighted by Gasteiger charge is -2.53. The van der Waals surface area contributed by atoms with Crippen molar-refractivity contribution in [3.8, 4) is 11.8 Å². The van der Waals surface area contributed by atoms with Gasteiger partial charge in [-0.2, -0.15) is 5.26 Å². The molecule has 3 aromatic carbocycles. The Kier molecular flexibility index (Phi) is 10.6. The maximum Gasteiger partial charge on any atom is 0.262 e. The highest BCUT2D eigenvalue weighted by Gasteiger charge is 2.50. The van der Waals surface area contributed by atoms with Crippen LogP contribution in [-0.4, -0.2) is 115 Å². The Balaban J connectivity index is 0.732. The fourth-order valence-corrected chi connectivity index (χ4v) is 10.2. The lowest BCUT2D eigenvalue weighted by atomic mass is 9.62. The summed E-state index contributed by atoms with van der Waals surface area (Å²) in [6.45, 7) is 7.84. The molecule has 2 atom stereocenters. The fourth-order valence-electron chi connectivity index (χ4n) is 10.0. The van der Waals surface area contributed by atoms with Crippen LogP contribution in [-0.2, 0) is 9.59 Å². The van der Waals surface area contributed by atoms with Crippen molar-refractivity contribution in [1.82, 2.24) is 20.0 Å². The van der Waals surface area contributed by atoms with Gasteiger partial charge < -0.3 is 19.4 Å². The van der Waals surface area contributed by atoms with Crippen LogP contribution in [0.15, 0.2) is 60.7 Å². The molecule has 1 saturated carbocycles. The van der Waals surface area contributed by atoms with E-state index in [1.165, 1.54) is 0 Å². The van der Waals surface area contributed by atoms with Crippen LogP contribution >= 0.6 is 11.6 Å². The number of piperazine rings is 1. The Hall–Kier alpha value is -5.45. The van der Waals surface area contributed by atoms with Crippen molar-refractivity contribution in [1.29, 1.82) is 5.26 Å². The molecule has 5 heterocycles. The minimum atomic E-state index is -0.969. The Morgan fingerprint density at radius 1 is 0.814 bits per heavy atom. The van der Waals surface area contributed by atoms with E-state index in [1.807, 2.05) is 23.1 Å². The highest BCUT2D eigenvalue weighted by molar-refractivity contribution is 6.31. The first kappa shape index (κ1) is 39.0. The Labute approximate surface area is 348 Å². The molecule has 0 bridgehead atoms. The largest absolute Gasteiger partial charge is 0.490 e. The van der Waals surface area contributed by atoms with Crippen molar-refractivity contribution in [2.45, 2.75) is 63.5 Å². The number of piperidine rings is 3. The molecule has 4 saturated heterocycles. The zero-order valence-electron chi connectivity index (χ0n) is 33.0. The summed E-state index contributed by atoms with van der Waals surface area (Å²) < 4.78 is 6.44. The maximum absolute atomic E-state index is 13.7. The number of carbonyl (C=O) groups excluding carboxylic acids is 5. The molecule has 3 aromatic rings. The van der Waals surface area contributed by atoms with E-state index in [4.69, 9.17) is 16.3 Å². The summed E-state index contributed by atoms with van der Waals surface area (Å²) in [5, 5.41) is 11.9. The summed E-state index contributed by atoms with van der Waals surface area (Å²) in [6.07, 6.45) is 6.21. The van der Waals surface area contributed by atoms with Gasteiger partial charge in [0.2, 0.25) is 11.8 Å². The molecule has 1 spiro atoms. The topological polar surface area (TPSA) is 147 Å². The van der Waals surface area contributed by atoms with Crippen molar-refractivity contribution in [2.75, 3.05) is 68.7 Å². The number of nitrogens with one attached hydrogen (secondary N) is 1. The summed E-state index contributed by atoms with van der Waals surface area (Å²) in [5.74, 6) is -0.660. The molecule has 0 radical (unpaired) electrons. The number of hydrogen-bond acceptors (Lipinski definition) is 10. The molecule has 59 heavy (non-hydrogen) atoms. The second-order valence-corrected chi connectivity index (χ2v) is 17.4. The quantitative estimate of drug-likeness (QED) is 0.304. The molecule has 1 aliphatic carbocycles. The summed E-state index contributed by atoms with van der Waals surface area (Å²) in [5.41, 5.74) is 3.72. The highest BCUT2D eigenvalue weighted by atomic mass is 35.5. The molecule has 6 aliphatic rings. The standard InChI is InChI=1S/C45H48ClN7O6/c46-37-25-34(8-4-31(37)26-47)59-39-14-19-52(28-45(39)15-1-16-45)42(56)30-2-5-32(6-3-30)51-22-20-49(21-23-51)27-29-12-17-50(18-13-29)33-7-9-35-36(24-33)44(58)53(43(35)57)38-10-11-40(54)48-41(38)55/h2-9,24-25,29,38-39H,1,10-23,27-28H2,(H,48,54,55). The third kappa shape index (κ3) is 7.53. The summed E-state index contributed by atoms with van der Waals surface area (Å²) >= 11 is 6.27.